The third kappa shape index (κ3) is 8.13. The fraction of sp³-hybridized carbons (Fsp3) is 0.545. The highest BCUT2D eigenvalue weighted by Crippen LogP contribution is 2.17. The zero-order chi connectivity index (χ0) is 20.2. The van der Waals surface area contributed by atoms with E-state index in [4.69, 9.17) is 9.84 Å². The molecule has 0 bridgehead atoms. The van der Waals surface area contributed by atoms with Gasteiger partial charge in [-0.2, -0.15) is 0 Å². The summed E-state index contributed by atoms with van der Waals surface area (Å²) in [5.41, 5.74) is 1.07. The third-order valence-electron chi connectivity index (χ3n) is 4.91. The van der Waals surface area contributed by atoms with Gasteiger partial charge in [0.2, 0.25) is 0 Å². The number of carboxylic acids is 1. The van der Waals surface area contributed by atoms with E-state index in [0.29, 0.717) is 26.0 Å². The van der Waals surface area contributed by atoms with Crippen molar-refractivity contribution in [3.63, 3.8) is 0 Å². The lowest BCUT2D eigenvalue weighted by atomic mass is 10.0. The van der Waals surface area contributed by atoms with E-state index in [-0.39, 0.29) is 18.6 Å². The second-order valence-electron chi connectivity index (χ2n) is 7.22. The summed E-state index contributed by atoms with van der Waals surface area (Å²) in [7, 11) is 0. The van der Waals surface area contributed by atoms with Crippen LogP contribution in [-0.4, -0.2) is 52.5 Å². The molecule has 1 fully saturated rings. The molecule has 0 spiro atoms. The summed E-state index contributed by atoms with van der Waals surface area (Å²) in [6, 6.07) is 9.76. The number of cyclic esters (lactones) is 1. The molecule has 0 radical (unpaired) electrons. The highest BCUT2D eigenvalue weighted by atomic mass is 16.6. The van der Waals surface area contributed by atoms with E-state index in [9.17, 15) is 14.7 Å². The number of nitrogens with zero attached hydrogens (tertiary/aromatic N) is 1. The molecule has 0 aliphatic carbocycles. The van der Waals surface area contributed by atoms with Gasteiger partial charge in [-0.15, -0.1) is 0 Å². The average Bonchev–Trinajstić information content (AvgIpc) is 2.67. The summed E-state index contributed by atoms with van der Waals surface area (Å²) in [6.45, 7) is 1.01. The Balaban J connectivity index is 1.75. The Morgan fingerprint density at radius 3 is 2.64 bits per heavy atom. The van der Waals surface area contributed by atoms with Crippen LogP contribution in [0.1, 0.15) is 50.5 Å². The van der Waals surface area contributed by atoms with Crippen molar-refractivity contribution in [3.8, 4) is 0 Å². The Kier molecular flexibility index (Phi) is 9.55. The normalized spacial score (nSPS) is 18.2. The van der Waals surface area contributed by atoms with Crippen LogP contribution in [0.4, 0.5) is 4.79 Å². The molecule has 1 amide bonds. The Morgan fingerprint density at radius 1 is 1.18 bits per heavy atom. The first-order valence-electron chi connectivity index (χ1n) is 10.1. The minimum absolute atomic E-state index is 0.0568. The fourth-order valence-electron chi connectivity index (χ4n) is 3.37. The van der Waals surface area contributed by atoms with Gasteiger partial charge in [0, 0.05) is 25.8 Å². The van der Waals surface area contributed by atoms with Crippen LogP contribution in [0, 0.1) is 0 Å². The average molecular weight is 389 g/mol. The topological polar surface area (TPSA) is 87.1 Å². The summed E-state index contributed by atoms with van der Waals surface area (Å²) < 4.78 is 5.17. The molecule has 1 aliphatic rings. The molecule has 6 heteroatoms. The number of aliphatic hydroxyl groups is 1. The van der Waals surface area contributed by atoms with Crippen molar-refractivity contribution in [1.29, 1.82) is 0 Å². The van der Waals surface area contributed by atoms with Crippen LogP contribution in [0.15, 0.2) is 42.5 Å². The van der Waals surface area contributed by atoms with Gasteiger partial charge in [0.05, 0.1) is 18.8 Å². The van der Waals surface area contributed by atoms with Crippen molar-refractivity contribution in [2.75, 3.05) is 13.2 Å². The van der Waals surface area contributed by atoms with Crippen LogP contribution in [0.25, 0.3) is 0 Å². The van der Waals surface area contributed by atoms with Gasteiger partial charge in [0.25, 0.3) is 0 Å². The van der Waals surface area contributed by atoms with Crippen molar-refractivity contribution in [2.45, 2.75) is 63.5 Å². The van der Waals surface area contributed by atoms with Gasteiger partial charge in [-0.1, -0.05) is 61.7 Å². The molecule has 2 unspecified atom stereocenters. The molecule has 0 aromatic heterocycles. The zero-order valence-electron chi connectivity index (χ0n) is 16.3. The molecule has 1 heterocycles. The van der Waals surface area contributed by atoms with Gasteiger partial charge in [0.1, 0.15) is 0 Å². The molecule has 0 saturated carbocycles. The summed E-state index contributed by atoms with van der Waals surface area (Å²) in [4.78, 5) is 24.3. The highest BCUT2D eigenvalue weighted by molar-refractivity contribution is 5.69. The minimum atomic E-state index is -0.750. The van der Waals surface area contributed by atoms with Gasteiger partial charge in [-0.05, 0) is 18.4 Å². The van der Waals surface area contributed by atoms with Crippen LogP contribution in [0.2, 0.25) is 0 Å². The number of hydrogen-bond acceptors (Lipinski definition) is 4. The van der Waals surface area contributed by atoms with Crippen molar-refractivity contribution in [3.05, 3.63) is 48.0 Å². The smallest absolute Gasteiger partial charge is 0.410 e. The first-order chi connectivity index (χ1) is 13.6. The van der Waals surface area contributed by atoms with Crippen LogP contribution in [-0.2, 0) is 16.0 Å². The predicted octanol–water partition coefficient (Wildman–Crippen LogP) is 3.78. The number of carbonyl (C=O) groups excluding carboxylic acids is 1. The van der Waals surface area contributed by atoms with Gasteiger partial charge in [-0.25, -0.2) is 4.79 Å². The molecule has 28 heavy (non-hydrogen) atoms. The van der Waals surface area contributed by atoms with Crippen molar-refractivity contribution < 1.29 is 24.5 Å². The molecule has 1 aliphatic heterocycles. The first kappa shape index (κ1) is 22.0. The van der Waals surface area contributed by atoms with E-state index < -0.39 is 12.1 Å². The number of ether oxygens (including phenoxy) is 1. The summed E-state index contributed by atoms with van der Waals surface area (Å²) in [5, 5.41) is 18.9. The Hall–Kier alpha value is -2.34. The molecular formula is C22H31NO5. The van der Waals surface area contributed by atoms with E-state index in [1.165, 1.54) is 0 Å². The molecular weight excluding hydrogens is 358 g/mol. The highest BCUT2D eigenvalue weighted by Gasteiger charge is 2.27. The molecule has 2 rings (SSSR count). The quantitative estimate of drug-likeness (QED) is 0.420. The number of carboxylic acid groups (broad SMARTS) is 1. The summed E-state index contributed by atoms with van der Waals surface area (Å²) in [6.07, 6.45) is 8.66. The first-order valence-corrected chi connectivity index (χ1v) is 10.1. The molecule has 1 aromatic rings. The molecule has 154 valence electrons. The number of amides is 1. The van der Waals surface area contributed by atoms with E-state index in [1.807, 2.05) is 36.4 Å². The van der Waals surface area contributed by atoms with Gasteiger partial charge < -0.3 is 19.8 Å². The minimum Gasteiger partial charge on any atom is -0.481 e. The lowest BCUT2D eigenvalue weighted by molar-refractivity contribution is -0.137. The van der Waals surface area contributed by atoms with E-state index >= 15 is 0 Å². The Labute approximate surface area is 166 Å². The number of rotatable bonds is 12. The number of hydrogen-bond donors (Lipinski definition) is 2. The zero-order valence-corrected chi connectivity index (χ0v) is 16.3. The van der Waals surface area contributed by atoms with Crippen LogP contribution >= 0.6 is 0 Å². The maximum Gasteiger partial charge on any atom is 0.410 e. The largest absolute Gasteiger partial charge is 0.481 e. The standard InChI is InChI=1S/C22H31NO5/c24-20(17-18-9-5-4-6-10-18)13-12-19-14-16-28-22(27)23(19)15-8-3-1-2-7-11-21(25)26/h4-6,9-10,12-13,19-20,24H,1-3,7-8,11,14-17H2,(H,25,26)/b13-12+. The molecule has 1 saturated heterocycles. The Bertz CT molecular complexity index is 631. The molecule has 6 nitrogen and oxygen atoms in total. The van der Waals surface area contributed by atoms with Crippen LogP contribution < -0.4 is 0 Å². The molecule has 2 N–H and O–H groups in total. The number of carbonyl (C=O) groups is 2. The van der Waals surface area contributed by atoms with Crippen LogP contribution in [0.5, 0.6) is 0 Å². The second-order valence-corrected chi connectivity index (χ2v) is 7.22. The maximum atomic E-state index is 12.1. The lowest BCUT2D eigenvalue weighted by Crippen LogP contribution is -2.45. The lowest BCUT2D eigenvalue weighted by Gasteiger charge is -2.33. The summed E-state index contributed by atoms with van der Waals surface area (Å²) >= 11 is 0. The predicted molar refractivity (Wildman–Crippen MR) is 107 cm³/mol. The number of aliphatic hydroxyl groups excluding tert-OH is 1. The SMILES string of the molecule is O=C(O)CCCCCCCN1C(=O)OCCC1/C=C/C(O)Cc1ccccc1. The van der Waals surface area contributed by atoms with Crippen molar-refractivity contribution in [2.24, 2.45) is 0 Å². The van der Waals surface area contributed by atoms with Crippen molar-refractivity contribution in [1.82, 2.24) is 4.90 Å². The summed E-state index contributed by atoms with van der Waals surface area (Å²) in [5.74, 6) is -0.750. The van der Waals surface area contributed by atoms with Gasteiger partial charge in [0.15, 0.2) is 0 Å². The monoisotopic (exact) mass is 389 g/mol. The van der Waals surface area contributed by atoms with Gasteiger partial charge in [-0.3, -0.25) is 4.79 Å². The number of benzene rings is 1. The van der Waals surface area contributed by atoms with E-state index in [1.54, 1.807) is 11.0 Å². The number of aliphatic carboxylic acids is 1. The Morgan fingerprint density at radius 2 is 1.89 bits per heavy atom. The van der Waals surface area contributed by atoms with Crippen molar-refractivity contribution >= 4 is 12.1 Å². The van der Waals surface area contributed by atoms with Gasteiger partial charge >= 0.3 is 12.1 Å². The molecule has 1 aromatic carbocycles. The fourth-order valence-corrected chi connectivity index (χ4v) is 3.37. The van der Waals surface area contributed by atoms with E-state index in [0.717, 1.165) is 37.7 Å². The maximum absolute atomic E-state index is 12.1. The third-order valence-corrected chi connectivity index (χ3v) is 4.91. The van der Waals surface area contributed by atoms with Crippen LogP contribution in [0.3, 0.4) is 0 Å². The molecule has 2 atom stereocenters. The van der Waals surface area contributed by atoms with E-state index in [2.05, 4.69) is 0 Å². The second kappa shape index (κ2) is 12.2. The number of unbranched alkanes of at least 4 members (excludes halogenated alkanes) is 4.